The van der Waals surface area contributed by atoms with Crippen LogP contribution in [0.15, 0.2) is 18.2 Å². The zero-order valence-corrected chi connectivity index (χ0v) is 13.2. The van der Waals surface area contributed by atoms with E-state index in [0.717, 1.165) is 6.07 Å². The minimum atomic E-state index is -4.81. The van der Waals surface area contributed by atoms with Crippen LogP contribution in [-0.4, -0.2) is 19.1 Å². The molecule has 1 aliphatic rings. The second-order valence-electron chi connectivity index (χ2n) is 5.38. The predicted octanol–water partition coefficient (Wildman–Crippen LogP) is 4.47. The number of cyclic esters (lactones) is 1. The molecule has 0 unspecified atom stereocenters. The lowest BCUT2D eigenvalue weighted by molar-refractivity contribution is -0.274. The number of benzene rings is 1. The Hall–Kier alpha value is -1.34. The van der Waals surface area contributed by atoms with Gasteiger partial charge in [-0.1, -0.05) is 31.5 Å². The highest BCUT2D eigenvalue weighted by Gasteiger charge is 2.38. The Morgan fingerprint density at radius 3 is 2.59 bits per heavy atom. The summed E-state index contributed by atoms with van der Waals surface area (Å²) >= 11 is 5.82. The largest absolute Gasteiger partial charge is 0.573 e. The van der Waals surface area contributed by atoms with Crippen LogP contribution in [0.5, 0.6) is 5.75 Å². The fraction of sp³-hybridized carbons (Fsp3) is 0.462. The van der Waals surface area contributed by atoms with Crippen LogP contribution in [0.1, 0.15) is 25.5 Å². The highest BCUT2D eigenvalue weighted by Crippen LogP contribution is 2.39. The first-order valence-corrected chi connectivity index (χ1v) is 6.45. The van der Waals surface area contributed by atoms with Crippen molar-refractivity contribution in [2.24, 2.45) is 5.41 Å². The number of hydrogen-bond donors (Lipinski definition) is 1. The summed E-state index contributed by atoms with van der Waals surface area (Å²) < 4.78 is 45.3. The predicted molar refractivity (Wildman–Crippen MR) is 76.4 cm³/mol. The van der Waals surface area contributed by atoms with E-state index in [1.807, 2.05) is 13.8 Å². The van der Waals surface area contributed by atoms with E-state index in [1.165, 1.54) is 12.1 Å². The molecule has 1 amide bonds. The van der Waals surface area contributed by atoms with Gasteiger partial charge in [0.15, 0.2) is 0 Å². The molecule has 1 atom stereocenters. The fourth-order valence-electron chi connectivity index (χ4n) is 2.13. The number of halogens is 5. The van der Waals surface area contributed by atoms with Gasteiger partial charge in [0.1, 0.15) is 12.4 Å². The third-order valence-electron chi connectivity index (χ3n) is 3.13. The van der Waals surface area contributed by atoms with Gasteiger partial charge < -0.3 is 14.8 Å². The molecule has 0 spiro atoms. The van der Waals surface area contributed by atoms with E-state index in [4.69, 9.17) is 16.3 Å². The van der Waals surface area contributed by atoms with Crippen molar-refractivity contribution in [3.63, 3.8) is 0 Å². The molecule has 1 heterocycles. The zero-order valence-electron chi connectivity index (χ0n) is 11.7. The molecule has 0 bridgehead atoms. The van der Waals surface area contributed by atoms with Crippen LogP contribution in [-0.2, 0) is 4.74 Å². The van der Waals surface area contributed by atoms with Crippen molar-refractivity contribution in [3.8, 4) is 5.75 Å². The van der Waals surface area contributed by atoms with Crippen molar-refractivity contribution in [1.29, 1.82) is 0 Å². The number of alkyl halides is 3. The Morgan fingerprint density at radius 1 is 1.41 bits per heavy atom. The summed E-state index contributed by atoms with van der Waals surface area (Å²) in [6.45, 7) is 3.93. The Bertz CT molecular complexity index is 564. The molecule has 1 aliphatic heterocycles. The lowest BCUT2D eigenvalue weighted by atomic mass is 9.80. The molecule has 1 N–H and O–H groups in total. The van der Waals surface area contributed by atoms with E-state index in [2.05, 4.69) is 10.1 Å². The Morgan fingerprint density at radius 2 is 2.05 bits per heavy atom. The normalized spacial score (nSPS) is 20.5. The minimum absolute atomic E-state index is 0. The van der Waals surface area contributed by atoms with E-state index in [0.29, 0.717) is 5.56 Å². The maximum Gasteiger partial charge on any atom is 0.573 e. The molecular weight excluding hydrogens is 346 g/mol. The second kappa shape index (κ2) is 6.42. The first kappa shape index (κ1) is 18.7. The van der Waals surface area contributed by atoms with Gasteiger partial charge in [-0.3, -0.25) is 0 Å². The van der Waals surface area contributed by atoms with Gasteiger partial charge in [-0.2, -0.15) is 0 Å². The topological polar surface area (TPSA) is 47.6 Å². The number of rotatable bonds is 2. The Kier molecular flexibility index (Phi) is 5.46. The monoisotopic (exact) mass is 359 g/mol. The van der Waals surface area contributed by atoms with Gasteiger partial charge in [0, 0.05) is 5.41 Å². The highest BCUT2D eigenvalue weighted by molar-refractivity contribution is 6.32. The van der Waals surface area contributed by atoms with E-state index in [-0.39, 0.29) is 24.0 Å². The summed E-state index contributed by atoms with van der Waals surface area (Å²) in [5.74, 6) is -0.482. The molecule has 124 valence electrons. The zero-order chi connectivity index (χ0) is 15.8. The SMILES string of the molecule is CC1(C)COC(=O)N[C@H]1c1ccc(OC(F)(F)F)c(Cl)c1.Cl. The van der Waals surface area contributed by atoms with E-state index < -0.39 is 29.7 Å². The van der Waals surface area contributed by atoms with Crippen LogP contribution < -0.4 is 10.1 Å². The summed E-state index contributed by atoms with van der Waals surface area (Å²) in [6.07, 6.45) is -5.39. The molecule has 9 heteroatoms. The van der Waals surface area contributed by atoms with Crippen molar-refractivity contribution in [1.82, 2.24) is 5.32 Å². The highest BCUT2D eigenvalue weighted by atomic mass is 35.5. The van der Waals surface area contributed by atoms with Crippen LogP contribution in [0.3, 0.4) is 0 Å². The average Bonchev–Trinajstić information content (AvgIpc) is 2.33. The van der Waals surface area contributed by atoms with Crippen LogP contribution in [0.2, 0.25) is 5.02 Å². The van der Waals surface area contributed by atoms with E-state index >= 15 is 0 Å². The van der Waals surface area contributed by atoms with Crippen LogP contribution in [0.4, 0.5) is 18.0 Å². The number of nitrogens with one attached hydrogen (secondary N) is 1. The number of amides is 1. The van der Waals surface area contributed by atoms with Crippen molar-refractivity contribution in [2.45, 2.75) is 26.3 Å². The molecule has 1 saturated heterocycles. The molecule has 1 fully saturated rings. The summed E-state index contributed by atoms with van der Waals surface area (Å²) in [5, 5.41) is 2.46. The number of carbonyl (C=O) groups is 1. The number of carbonyl (C=O) groups excluding carboxylic acids is 1. The molecular formula is C13H14Cl2F3NO3. The quantitative estimate of drug-likeness (QED) is 0.847. The molecule has 2 rings (SSSR count). The van der Waals surface area contributed by atoms with Gasteiger partial charge >= 0.3 is 12.5 Å². The smallest absolute Gasteiger partial charge is 0.449 e. The number of alkyl carbamates (subject to hydrolysis) is 1. The lowest BCUT2D eigenvalue weighted by Crippen LogP contribution is -2.46. The Balaban J connectivity index is 0.00000242. The van der Waals surface area contributed by atoms with Crippen molar-refractivity contribution in [3.05, 3.63) is 28.8 Å². The maximum atomic E-state index is 12.2. The van der Waals surface area contributed by atoms with Crippen molar-refractivity contribution in [2.75, 3.05) is 6.61 Å². The van der Waals surface area contributed by atoms with E-state index in [9.17, 15) is 18.0 Å². The van der Waals surface area contributed by atoms with Gasteiger partial charge in [0.2, 0.25) is 0 Å². The molecule has 4 nitrogen and oxygen atoms in total. The van der Waals surface area contributed by atoms with Crippen LogP contribution in [0, 0.1) is 5.41 Å². The van der Waals surface area contributed by atoms with Gasteiger partial charge in [-0.25, -0.2) is 4.79 Å². The third-order valence-corrected chi connectivity index (χ3v) is 3.43. The molecule has 0 radical (unpaired) electrons. The average molecular weight is 360 g/mol. The number of ether oxygens (including phenoxy) is 2. The minimum Gasteiger partial charge on any atom is -0.449 e. The summed E-state index contributed by atoms with van der Waals surface area (Å²) in [7, 11) is 0. The molecule has 0 saturated carbocycles. The molecule has 0 aliphatic carbocycles. The van der Waals surface area contributed by atoms with Crippen LogP contribution >= 0.6 is 24.0 Å². The Labute approximate surface area is 136 Å². The molecule has 1 aromatic carbocycles. The van der Waals surface area contributed by atoms with Gasteiger partial charge in [-0.15, -0.1) is 25.6 Å². The first-order valence-electron chi connectivity index (χ1n) is 6.07. The number of hydrogen-bond acceptors (Lipinski definition) is 3. The fourth-order valence-corrected chi connectivity index (χ4v) is 2.36. The molecule has 0 aromatic heterocycles. The second-order valence-corrected chi connectivity index (χ2v) is 5.79. The standard InChI is InChI=1S/C13H13ClF3NO3.ClH/c1-12(2)6-20-11(19)18-10(12)7-3-4-9(8(14)5-7)21-13(15,16)17;/h3-5,10H,6H2,1-2H3,(H,18,19);1H/t10-;/m0./s1. The van der Waals surface area contributed by atoms with E-state index in [1.54, 1.807) is 0 Å². The third kappa shape index (κ3) is 4.33. The van der Waals surface area contributed by atoms with Gasteiger partial charge in [0.05, 0.1) is 11.1 Å². The lowest BCUT2D eigenvalue weighted by Gasteiger charge is -2.38. The summed E-state index contributed by atoms with van der Waals surface area (Å²) in [4.78, 5) is 11.3. The molecule has 22 heavy (non-hydrogen) atoms. The van der Waals surface area contributed by atoms with Crippen LogP contribution in [0.25, 0.3) is 0 Å². The van der Waals surface area contributed by atoms with Crippen molar-refractivity contribution >= 4 is 30.1 Å². The summed E-state index contributed by atoms with van der Waals surface area (Å²) in [5.41, 5.74) is 0.153. The first-order chi connectivity index (χ1) is 9.58. The van der Waals surface area contributed by atoms with Crippen molar-refractivity contribution < 1.29 is 27.4 Å². The van der Waals surface area contributed by atoms with Gasteiger partial charge in [-0.05, 0) is 17.7 Å². The maximum absolute atomic E-state index is 12.2. The molecule has 1 aromatic rings. The van der Waals surface area contributed by atoms with Gasteiger partial charge in [0.25, 0.3) is 0 Å². The summed E-state index contributed by atoms with van der Waals surface area (Å²) in [6, 6.07) is 3.49.